The summed E-state index contributed by atoms with van der Waals surface area (Å²) < 4.78 is 118. The monoisotopic (exact) mass is 1840 g/mol. The van der Waals surface area contributed by atoms with Crippen molar-refractivity contribution in [1.82, 2.24) is 14.6 Å². The van der Waals surface area contributed by atoms with Crippen molar-refractivity contribution in [2.45, 2.75) is 164 Å². The number of nitrogens with one attached hydrogen (secondary N) is 1. The number of aldehydes is 1. The molecule has 7 aromatic carbocycles. The number of anilines is 3. The van der Waals surface area contributed by atoms with Crippen molar-refractivity contribution in [3.05, 3.63) is 195 Å². The van der Waals surface area contributed by atoms with Gasteiger partial charge in [-0.05, 0) is 202 Å². The fraction of sp³-hybridized carbons (Fsp3) is 0.429. The molecular formula is C84H110B2Cl3F7IN7O15. The molecule has 3 aliphatic rings. The van der Waals surface area contributed by atoms with E-state index in [9.17, 15) is 59.5 Å². The molecule has 22 nitrogen and oxygen atoms in total. The summed E-state index contributed by atoms with van der Waals surface area (Å²) in [5.74, 6) is -1.13. The Morgan fingerprint density at radius 1 is 0.546 bits per heavy atom. The first kappa shape index (κ1) is 107. The molecule has 7 N–H and O–H groups in total. The molecule has 0 spiro atoms. The van der Waals surface area contributed by atoms with Gasteiger partial charge in [-0.25, -0.2) is 42.0 Å². The van der Waals surface area contributed by atoms with E-state index >= 15 is 0 Å². The van der Waals surface area contributed by atoms with Crippen LogP contribution in [0.2, 0.25) is 0 Å². The predicted octanol–water partition coefficient (Wildman–Crippen LogP) is 12.9. The number of carbonyl (C=O) groups excluding carboxylic acids is 6. The van der Waals surface area contributed by atoms with Gasteiger partial charge in [-0.2, -0.15) is 0 Å². The molecule has 3 saturated heterocycles. The number of ether oxygens (including phenoxy) is 5. The number of rotatable bonds is 29. The molecule has 3 fully saturated rings. The highest BCUT2D eigenvalue weighted by atomic mass is 127. The molecule has 5 amide bonds. The third-order valence-electron chi connectivity index (χ3n) is 17.4. The van der Waals surface area contributed by atoms with Crippen molar-refractivity contribution >= 4 is 126 Å². The number of quaternary nitrogens is 1. The number of nitrogens with zero attached hydrogens (tertiary/aromatic N) is 5. The van der Waals surface area contributed by atoms with E-state index < -0.39 is 75.1 Å². The zero-order valence-electron chi connectivity index (χ0n) is 67.5. The lowest BCUT2D eigenvalue weighted by Gasteiger charge is -2.27. The lowest BCUT2D eigenvalue weighted by molar-refractivity contribution is -0.670. The van der Waals surface area contributed by atoms with Crippen LogP contribution >= 0.6 is 46.8 Å². The number of benzene rings is 7. The van der Waals surface area contributed by atoms with Crippen LogP contribution in [0.3, 0.4) is 0 Å². The number of hydrogen-bond donors (Lipinski definition) is 6. The van der Waals surface area contributed by atoms with E-state index in [4.69, 9.17) is 55.6 Å². The van der Waals surface area contributed by atoms with Gasteiger partial charge in [0.2, 0.25) is 0 Å². The van der Waals surface area contributed by atoms with Gasteiger partial charge in [0.15, 0.2) is 0 Å². The molecule has 0 aliphatic carbocycles. The lowest BCUT2D eigenvalue weighted by Crippen LogP contribution is -3.00. The fourth-order valence-corrected chi connectivity index (χ4v) is 11.6. The molecule has 10 rings (SSSR count). The molecular weight excluding hydrogens is 1730 g/mol. The molecule has 0 unspecified atom stereocenters. The predicted molar refractivity (Wildman–Crippen MR) is 458 cm³/mol. The van der Waals surface area contributed by atoms with E-state index in [1.807, 2.05) is 67.6 Å². The van der Waals surface area contributed by atoms with Crippen molar-refractivity contribution in [2.24, 2.45) is 0 Å². The van der Waals surface area contributed by atoms with Gasteiger partial charge in [-0.1, -0.05) is 125 Å². The number of alkyl halides is 4. The van der Waals surface area contributed by atoms with Crippen LogP contribution in [0, 0.1) is 21.0 Å². The average Bonchev–Trinajstić information content (AvgIpc) is 1.76. The second-order valence-electron chi connectivity index (χ2n) is 28.8. The Balaban J connectivity index is 0.000000511. The first-order valence-corrected chi connectivity index (χ1v) is 39.6. The molecule has 0 radical (unpaired) electrons. The zero-order chi connectivity index (χ0) is 85.7. The summed E-state index contributed by atoms with van der Waals surface area (Å²) in [6.07, 6.45) is 1.73. The topological polar surface area (TPSA) is 274 Å². The van der Waals surface area contributed by atoms with E-state index in [-0.39, 0.29) is 115 Å². The van der Waals surface area contributed by atoms with E-state index in [0.29, 0.717) is 106 Å². The maximum Gasteiger partial charge on any atom is 0.488 e. The van der Waals surface area contributed by atoms with Crippen LogP contribution in [0.1, 0.15) is 142 Å². The van der Waals surface area contributed by atoms with Crippen LogP contribution in [0.5, 0.6) is 0 Å². The summed E-state index contributed by atoms with van der Waals surface area (Å²) in [5.41, 5.74) is 6.60. The molecule has 654 valence electrons. The molecule has 119 heavy (non-hydrogen) atoms. The van der Waals surface area contributed by atoms with Crippen LogP contribution in [0.4, 0.5) is 71.8 Å². The fourth-order valence-electron chi connectivity index (χ4n) is 11.1. The van der Waals surface area contributed by atoms with E-state index in [1.165, 1.54) is 67.0 Å². The lowest BCUT2D eigenvalue weighted by atomic mass is 9.80. The van der Waals surface area contributed by atoms with E-state index in [0.717, 1.165) is 48.2 Å². The Kier molecular flexibility index (Phi) is 49.1. The van der Waals surface area contributed by atoms with Gasteiger partial charge in [0, 0.05) is 65.0 Å². The number of hydrogen-bond acceptors (Lipinski definition) is 16. The number of halogens is 11. The summed E-state index contributed by atoms with van der Waals surface area (Å²) in [7, 11) is -2.99. The van der Waals surface area contributed by atoms with Crippen molar-refractivity contribution < 1.29 is 121 Å². The second kappa shape index (κ2) is 54.8. The SMILES string of the molecule is C.CC(C)(C)OC(=O)N(CCCF)Cc1ccc(B(O)O)cc1.CC[C@H]1CN(c2ccc(-c3ccc(CN(CCCF)C(=O)OC(C)(C)C)cc3)c(F)c2)C(=O)O1.CC[C@H]1CN(c2ccc(-c3ccc(C[NH2+]CCCF)cc3)c(F)c2)C(=O)O1.CC[C@H]1CN(c2ccc(I)c(F)c2)C(=O)O1.Cl.FCCCNCl.O=Cc1ccc(B(O)O)cc1.[Cl-]. The Hall–Kier alpha value is -8.44. The number of nitrogens with two attached hydrogens (primary N) is 1. The first-order chi connectivity index (χ1) is 55.2. The molecule has 3 aliphatic heterocycles. The smallest absolute Gasteiger partial charge is 0.488 e. The zero-order valence-corrected chi connectivity index (χ0v) is 72.0. The van der Waals surface area contributed by atoms with Crippen LogP contribution in [-0.2, 0) is 43.3 Å². The van der Waals surface area contributed by atoms with E-state index in [2.05, 4.69) is 10.2 Å². The van der Waals surface area contributed by atoms with Gasteiger partial charge in [0.05, 0.1) is 69.9 Å². The molecule has 35 heteroatoms. The normalized spacial score (nSPS) is 14.4. The molecule has 0 aromatic heterocycles. The van der Waals surface area contributed by atoms with Gasteiger partial charge in [0.25, 0.3) is 0 Å². The van der Waals surface area contributed by atoms with Crippen LogP contribution in [0.15, 0.2) is 152 Å². The van der Waals surface area contributed by atoms with Crippen LogP contribution in [-0.4, -0.2) is 183 Å². The van der Waals surface area contributed by atoms with Crippen molar-refractivity contribution in [3.63, 3.8) is 0 Å². The van der Waals surface area contributed by atoms with Gasteiger partial charge in [0.1, 0.15) is 59.8 Å². The standard InChI is InChI=1S/C26H32F2N2O4.C21H24F2N2O2.C15H23BFNO4.C11H11FINO2.C7H7BO3.C3H7ClFN.CH4.2ClH/c1-5-21-17-30(25(32)33-21)20-11-12-22(23(28)15-20)19-9-7-18(8-10-19)16-29(14-6-13-27)24(31)34-26(2,3)4;1-2-18-14-25(21(26)27-18)17-8-9-19(20(23)12-17)16-6-4-15(5-7-16)13-24-11-3-10-22;1-15(2,3)22-14(19)18(10-4-9-17)11-12-5-7-13(8-6-12)16(20)21;1-2-8-6-14(11(15)16-8)7-3-4-10(13)9(12)5-7;9-5-6-1-3-7(4-2-6)8(10)11;4-6-3-1-2-5;;;/h7-12,15,21H,5-6,13-14,16-17H2,1-4H3;4-9,12,18,24H,2-3,10-11,13-14H2,1H3;5-8,20-21H,4,9-11H2,1-3H3;3-5,8H,2,6H2,1H3;1-5,10-11H;6H,1-3H2;1H4;2*1H/t21-;18-;;8-;;;;;/m00.0...../s1. The molecule has 7 aromatic rings. The van der Waals surface area contributed by atoms with Crippen molar-refractivity contribution in [1.29, 1.82) is 0 Å². The summed E-state index contributed by atoms with van der Waals surface area (Å²) >= 11 is 6.87. The summed E-state index contributed by atoms with van der Waals surface area (Å²) in [5, 5.41) is 37.5. The number of carbonyl (C=O) groups is 6. The Labute approximate surface area is 725 Å². The Bertz CT molecular complexity index is 4190. The largest absolute Gasteiger partial charge is 1.00 e. The third kappa shape index (κ3) is 36.8. The van der Waals surface area contributed by atoms with Gasteiger partial charge in [-0.3, -0.25) is 37.1 Å². The van der Waals surface area contributed by atoms with Gasteiger partial charge >= 0.3 is 44.7 Å². The van der Waals surface area contributed by atoms with Crippen LogP contribution in [0.25, 0.3) is 22.3 Å². The minimum atomic E-state index is -1.53. The van der Waals surface area contributed by atoms with Crippen molar-refractivity contribution in [2.75, 3.05) is 87.2 Å². The summed E-state index contributed by atoms with van der Waals surface area (Å²) in [6.45, 7) is 19.3. The molecule has 3 atom stereocenters. The second-order valence-corrected chi connectivity index (χ2v) is 30.2. The van der Waals surface area contributed by atoms with Crippen molar-refractivity contribution in [3.8, 4) is 22.3 Å². The molecule has 0 bridgehead atoms. The minimum Gasteiger partial charge on any atom is -1.00 e. The van der Waals surface area contributed by atoms with Gasteiger partial charge in [-0.15, -0.1) is 12.4 Å². The number of cyclic esters (lactones) is 3. The van der Waals surface area contributed by atoms with Gasteiger partial charge < -0.3 is 71.3 Å². The quantitative estimate of drug-likeness (QED) is 0.00484. The Morgan fingerprint density at radius 2 is 0.891 bits per heavy atom. The summed E-state index contributed by atoms with van der Waals surface area (Å²) in [6, 6.07) is 41.7. The maximum atomic E-state index is 14.9. The maximum absolute atomic E-state index is 14.9. The highest BCUT2D eigenvalue weighted by Gasteiger charge is 2.35. The Morgan fingerprint density at radius 3 is 1.19 bits per heavy atom. The third-order valence-corrected chi connectivity index (χ3v) is 18.5. The number of amides is 5. The average molecular weight is 1850 g/mol. The molecule has 3 heterocycles. The first-order valence-electron chi connectivity index (χ1n) is 38.1. The van der Waals surface area contributed by atoms with Crippen LogP contribution < -0.4 is 48.2 Å². The molecule has 0 saturated carbocycles. The highest BCUT2D eigenvalue weighted by Crippen LogP contribution is 2.33. The minimum absolute atomic E-state index is 0. The summed E-state index contributed by atoms with van der Waals surface area (Å²) in [4.78, 5) is 79.9. The van der Waals surface area contributed by atoms with E-state index in [1.54, 1.807) is 126 Å². The highest BCUT2D eigenvalue weighted by molar-refractivity contribution is 14.1.